The first-order chi connectivity index (χ1) is 12.0. The highest BCUT2D eigenvalue weighted by Crippen LogP contribution is 2.30. The van der Waals surface area contributed by atoms with E-state index in [0.29, 0.717) is 28.6 Å². The molecular formula is C19H16BrClN2O2. The molecule has 0 saturated carbocycles. The summed E-state index contributed by atoms with van der Waals surface area (Å²) in [6.45, 7) is 4.29. The van der Waals surface area contributed by atoms with Gasteiger partial charge in [0, 0.05) is 15.1 Å². The van der Waals surface area contributed by atoms with E-state index in [-0.39, 0.29) is 5.91 Å². The number of halogens is 2. The minimum atomic E-state index is -0.192. The lowest BCUT2D eigenvalue weighted by Gasteiger charge is -2.12. The van der Waals surface area contributed by atoms with Crippen LogP contribution in [0.5, 0.6) is 5.75 Å². The summed E-state index contributed by atoms with van der Waals surface area (Å²) in [5.41, 5.74) is 2.63. The van der Waals surface area contributed by atoms with Gasteiger partial charge in [0.1, 0.15) is 5.75 Å². The maximum Gasteiger partial charge on any atom is 0.280 e. The molecule has 6 heteroatoms. The van der Waals surface area contributed by atoms with Gasteiger partial charge in [0.25, 0.3) is 5.91 Å². The van der Waals surface area contributed by atoms with E-state index in [2.05, 4.69) is 21.0 Å². The topological polar surface area (TPSA) is 41.9 Å². The molecule has 0 radical (unpaired) electrons. The quantitative estimate of drug-likeness (QED) is 0.630. The van der Waals surface area contributed by atoms with E-state index >= 15 is 0 Å². The van der Waals surface area contributed by atoms with Crippen molar-refractivity contribution in [3.05, 3.63) is 63.1 Å². The molecule has 128 valence electrons. The molecule has 0 fully saturated rings. The molecule has 4 nitrogen and oxygen atoms in total. The highest BCUT2D eigenvalue weighted by atomic mass is 79.9. The number of rotatable bonds is 4. The Balaban J connectivity index is 1.99. The minimum absolute atomic E-state index is 0.192. The molecule has 0 saturated heterocycles. The molecule has 0 unspecified atom stereocenters. The van der Waals surface area contributed by atoms with E-state index in [1.54, 1.807) is 24.3 Å². The van der Waals surface area contributed by atoms with Gasteiger partial charge in [0.05, 0.1) is 23.6 Å². The summed E-state index contributed by atoms with van der Waals surface area (Å²) in [6.07, 6.45) is 1.81. The average Bonchev–Trinajstić information content (AvgIpc) is 2.85. The second-order valence-corrected chi connectivity index (χ2v) is 6.81. The highest BCUT2D eigenvalue weighted by molar-refractivity contribution is 9.10. The monoisotopic (exact) mass is 418 g/mol. The number of amides is 1. The molecule has 0 N–H and O–H groups in total. The van der Waals surface area contributed by atoms with Crippen LogP contribution in [-0.4, -0.2) is 18.2 Å². The van der Waals surface area contributed by atoms with Crippen LogP contribution in [0.3, 0.4) is 0 Å². The average molecular weight is 420 g/mol. The number of hydrazone groups is 1. The molecule has 1 aliphatic heterocycles. The van der Waals surface area contributed by atoms with Crippen LogP contribution in [0.4, 0.5) is 5.69 Å². The Kier molecular flexibility index (Phi) is 5.25. The lowest BCUT2D eigenvalue weighted by atomic mass is 10.1. The largest absolute Gasteiger partial charge is 0.493 e. The fourth-order valence-corrected chi connectivity index (χ4v) is 3.11. The standard InChI is InChI=1S/C19H16BrClN2O2/c1-3-25-18-8-7-14(20)9-13(18)10-17-12(2)22-23(19(17)24)16-6-4-5-15(21)11-16/h4-11H,3H2,1-2H3/b17-10-. The number of nitrogens with zero attached hydrogens (tertiary/aromatic N) is 2. The molecular weight excluding hydrogens is 404 g/mol. The SMILES string of the molecule is CCOc1ccc(Br)cc1/C=C1\C(=O)N(c2cccc(Cl)c2)N=C1C. The third-order valence-electron chi connectivity index (χ3n) is 3.69. The van der Waals surface area contributed by atoms with Crippen molar-refractivity contribution in [3.8, 4) is 5.75 Å². The van der Waals surface area contributed by atoms with Crippen LogP contribution in [-0.2, 0) is 4.79 Å². The molecule has 2 aromatic carbocycles. The first-order valence-corrected chi connectivity index (χ1v) is 8.96. The Labute approximate surface area is 159 Å². The molecule has 25 heavy (non-hydrogen) atoms. The summed E-state index contributed by atoms with van der Waals surface area (Å²) in [5.74, 6) is 0.530. The van der Waals surface area contributed by atoms with E-state index in [0.717, 1.165) is 15.8 Å². The Morgan fingerprint density at radius 3 is 2.80 bits per heavy atom. The van der Waals surface area contributed by atoms with E-state index in [4.69, 9.17) is 16.3 Å². The normalized spacial score (nSPS) is 15.7. The zero-order valence-corrected chi connectivity index (χ0v) is 16.1. The third-order valence-corrected chi connectivity index (χ3v) is 4.42. The zero-order valence-electron chi connectivity index (χ0n) is 13.8. The number of ether oxygens (including phenoxy) is 1. The Morgan fingerprint density at radius 1 is 1.28 bits per heavy atom. The molecule has 1 amide bonds. The zero-order chi connectivity index (χ0) is 18.0. The van der Waals surface area contributed by atoms with Gasteiger partial charge in [-0.05, 0) is 56.3 Å². The molecule has 0 aliphatic carbocycles. The van der Waals surface area contributed by atoms with Crippen molar-refractivity contribution in [1.82, 2.24) is 0 Å². The highest BCUT2D eigenvalue weighted by Gasteiger charge is 2.29. The summed E-state index contributed by atoms with van der Waals surface area (Å²) in [4.78, 5) is 12.8. The predicted molar refractivity (Wildman–Crippen MR) is 105 cm³/mol. The summed E-state index contributed by atoms with van der Waals surface area (Å²) in [5, 5.41) is 6.30. The van der Waals surface area contributed by atoms with Gasteiger partial charge in [-0.1, -0.05) is 33.6 Å². The van der Waals surface area contributed by atoms with Crippen molar-refractivity contribution in [3.63, 3.8) is 0 Å². The molecule has 0 bridgehead atoms. The van der Waals surface area contributed by atoms with Gasteiger partial charge < -0.3 is 4.74 Å². The van der Waals surface area contributed by atoms with E-state index < -0.39 is 0 Å². The molecule has 1 aliphatic rings. The van der Waals surface area contributed by atoms with Gasteiger partial charge in [-0.3, -0.25) is 4.79 Å². The first-order valence-electron chi connectivity index (χ1n) is 7.79. The lowest BCUT2D eigenvalue weighted by Crippen LogP contribution is -2.21. The van der Waals surface area contributed by atoms with Gasteiger partial charge in [-0.25, -0.2) is 0 Å². The minimum Gasteiger partial charge on any atom is -0.493 e. The van der Waals surface area contributed by atoms with Crippen molar-refractivity contribution in [2.45, 2.75) is 13.8 Å². The Hall–Kier alpha value is -2.11. The number of benzene rings is 2. The van der Waals surface area contributed by atoms with Crippen LogP contribution in [0.15, 0.2) is 57.6 Å². The van der Waals surface area contributed by atoms with Gasteiger partial charge in [0.2, 0.25) is 0 Å². The van der Waals surface area contributed by atoms with Gasteiger partial charge >= 0.3 is 0 Å². The number of hydrogen-bond donors (Lipinski definition) is 0. The number of hydrogen-bond acceptors (Lipinski definition) is 3. The summed E-state index contributed by atoms with van der Waals surface area (Å²) >= 11 is 9.48. The fourth-order valence-electron chi connectivity index (χ4n) is 2.54. The molecule has 2 aromatic rings. The van der Waals surface area contributed by atoms with Crippen molar-refractivity contribution in [2.75, 3.05) is 11.6 Å². The third kappa shape index (κ3) is 3.78. The predicted octanol–water partition coefficient (Wildman–Crippen LogP) is 5.31. The van der Waals surface area contributed by atoms with Gasteiger partial charge in [-0.2, -0.15) is 10.1 Å². The van der Waals surface area contributed by atoms with Crippen LogP contribution in [0.2, 0.25) is 5.02 Å². The number of carbonyl (C=O) groups is 1. The van der Waals surface area contributed by atoms with E-state index in [1.165, 1.54) is 5.01 Å². The van der Waals surface area contributed by atoms with Crippen LogP contribution in [0.1, 0.15) is 19.4 Å². The maximum atomic E-state index is 12.8. The Bertz CT molecular complexity index is 893. The Morgan fingerprint density at radius 2 is 2.08 bits per heavy atom. The summed E-state index contributed by atoms with van der Waals surface area (Å²) in [7, 11) is 0. The fraction of sp³-hybridized carbons (Fsp3) is 0.158. The van der Waals surface area contributed by atoms with Gasteiger partial charge in [0.15, 0.2) is 0 Å². The number of carbonyl (C=O) groups excluding carboxylic acids is 1. The van der Waals surface area contributed by atoms with Crippen LogP contribution >= 0.6 is 27.5 Å². The van der Waals surface area contributed by atoms with Gasteiger partial charge in [-0.15, -0.1) is 0 Å². The molecule has 1 heterocycles. The van der Waals surface area contributed by atoms with Crippen molar-refractivity contribution >= 4 is 50.9 Å². The van der Waals surface area contributed by atoms with Crippen LogP contribution in [0.25, 0.3) is 6.08 Å². The molecule has 3 rings (SSSR count). The second kappa shape index (κ2) is 7.42. The molecule has 0 aromatic heterocycles. The van der Waals surface area contributed by atoms with Crippen molar-refractivity contribution in [1.29, 1.82) is 0 Å². The van der Waals surface area contributed by atoms with E-state index in [1.807, 2.05) is 38.1 Å². The second-order valence-electron chi connectivity index (χ2n) is 5.46. The lowest BCUT2D eigenvalue weighted by molar-refractivity contribution is -0.114. The van der Waals surface area contributed by atoms with E-state index in [9.17, 15) is 4.79 Å². The molecule has 0 atom stereocenters. The first kappa shape index (κ1) is 17.7. The summed E-state index contributed by atoms with van der Waals surface area (Å²) < 4.78 is 6.56. The molecule has 0 spiro atoms. The maximum absolute atomic E-state index is 12.8. The smallest absolute Gasteiger partial charge is 0.280 e. The van der Waals surface area contributed by atoms with Crippen LogP contribution < -0.4 is 9.75 Å². The van der Waals surface area contributed by atoms with Crippen molar-refractivity contribution < 1.29 is 9.53 Å². The van der Waals surface area contributed by atoms with Crippen molar-refractivity contribution in [2.24, 2.45) is 5.10 Å². The van der Waals surface area contributed by atoms with Crippen LogP contribution in [0, 0.1) is 0 Å². The number of anilines is 1. The summed E-state index contributed by atoms with van der Waals surface area (Å²) in [6, 6.07) is 12.8.